The van der Waals surface area contributed by atoms with Gasteiger partial charge in [-0.2, -0.15) is 0 Å². The van der Waals surface area contributed by atoms with Gasteiger partial charge in [-0.25, -0.2) is 4.68 Å². The van der Waals surface area contributed by atoms with E-state index in [2.05, 4.69) is 27.8 Å². The van der Waals surface area contributed by atoms with Gasteiger partial charge in [0.25, 0.3) is 0 Å². The highest BCUT2D eigenvalue weighted by atomic mass is 16.5. The van der Waals surface area contributed by atoms with Crippen LogP contribution in [-0.2, 0) is 11.3 Å². The highest BCUT2D eigenvalue weighted by Crippen LogP contribution is 2.31. The monoisotopic (exact) mass is 253 g/mol. The number of nitrogens with one attached hydrogen (secondary N) is 1. The van der Waals surface area contributed by atoms with E-state index in [1.807, 2.05) is 4.68 Å². The van der Waals surface area contributed by atoms with Crippen molar-refractivity contribution in [3.63, 3.8) is 0 Å². The topological polar surface area (TPSA) is 64.9 Å². The number of methoxy groups -OCH3 is 1. The van der Waals surface area contributed by atoms with Crippen molar-refractivity contribution in [1.82, 2.24) is 25.5 Å². The lowest BCUT2D eigenvalue weighted by atomic mass is 9.87. The molecule has 102 valence electrons. The average molecular weight is 253 g/mol. The molecule has 0 saturated heterocycles. The highest BCUT2D eigenvalue weighted by molar-refractivity contribution is 4.86. The Morgan fingerprint density at radius 1 is 1.44 bits per heavy atom. The zero-order chi connectivity index (χ0) is 12.8. The number of hydrogen-bond acceptors (Lipinski definition) is 5. The lowest BCUT2D eigenvalue weighted by Gasteiger charge is -2.27. The van der Waals surface area contributed by atoms with Gasteiger partial charge in [-0.05, 0) is 29.2 Å². The first kappa shape index (κ1) is 13.4. The Kier molecular flexibility index (Phi) is 5.07. The summed E-state index contributed by atoms with van der Waals surface area (Å²) in [6.07, 6.45) is 5.00. The van der Waals surface area contributed by atoms with Gasteiger partial charge in [-0.3, -0.25) is 0 Å². The fourth-order valence-electron chi connectivity index (χ4n) is 2.61. The third-order valence-corrected chi connectivity index (χ3v) is 3.58. The largest absolute Gasteiger partial charge is 0.383 e. The molecule has 2 atom stereocenters. The zero-order valence-corrected chi connectivity index (χ0v) is 11.3. The van der Waals surface area contributed by atoms with Gasteiger partial charge in [0.05, 0.1) is 19.2 Å². The van der Waals surface area contributed by atoms with Crippen molar-refractivity contribution in [3.05, 3.63) is 5.82 Å². The van der Waals surface area contributed by atoms with Crippen LogP contribution in [0.15, 0.2) is 0 Å². The highest BCUT2D eigenvalue weighted by Gasteiger charge is 2.23. The van der Waals surface area contributed by atoms with Crippen LogP contribution >= 0.6 is 0 Å². The maximum Gasteiger partial charge on any atom is 0.165 e. The van der Waals surface area contributed by atoms with E-state index in [0.717, 1.165) is 18.3 Å². The Hall–Kier alpha value is -1.01. The molecule has 1 aliphatic rings. The van der Waals surface area contributed by atoms with E-state index in [-0.39, 0.29) is 0 Å². The number of tetrazole rings is 1. The molecule has 1 aromatic rings. The lowest BCUT2D eigenvalue weighted by molar-refractivity contribution is 0.198. The van der Waals surface area contributed by atoms with Gasteiger partial charge >= 0.3 is 0 Å². The maximum absolute atomic E-state index is 5.00. The summed E-state index contributed by atoms with van der Waals surface area (Å²) in [6.45, 7) is 4.56. The van der Waals surface area contributed by atoms with E-state index in [1.165, 1.54) is 25.7 Å². The second-order valence-corrected chi connectivity index (χ2v) is 5.13. The standard InChI is InChI=1S/C12H23N5O/c1-10-4-3-5-11(8-10)17-12(14-15-16-17)9-13-6-7-18-2/h10-11,13H,3-9H2,1-2H3. The Morgan fingerprint density at radius 2 is 2.33 bits per heavy atom. The smallest absolute Gasteiger partial charge is 0.165 e. The number of rotatable bonds is 6. The van der Waals surface area contributed by atoms with Gasteiger partial charge in [0.1, 0.15) is 0 Å². The number of aromatic nitrogens is 4. The molecule has 0 amide bonds. The first-order valence-electron chi connectivity index (χ1n) is 6.77. The third kappa shape index (κ3) is 3.49. The molecule has 1 fully saturated rings. The maximum atomic E-state index is 5.00. The molecule has 1 aromatic heterocycles. The summed E-state index contributed by atoms with van der Waals surface area (Å²) in [6, 6.07) is 0.475. The molecular weight excluding hydrogens is 230 g/mol. The van der Waals surface area contributed by atoms with Crippen molar-refractivity contribution in [2.24, 2.45) is 5.92 Å². The quantitative estimate of drug-likeness (QED) is 0.771. The number of ether oxygens (including phenoxy) is 1. The van der Waals surface area contributed by atoms with Gasteiger partial charge in [0.2, 0.25) is 0 Å². The van der Waals surface area contributed by atoms with Crippen molar-refractivity contribution in [1.29, 1.82) is 0 Å². The molecule has 2 unspecified atom stereocenters. The van der Waals surface area contributed by atoms with Crippen LogP contribution in [0.4, 0.5) is 0 Å². The van der Waals surface area contributed by atoms with Crippen LogP contribution in [0.25, 0.3) is 0 Å². The van der Waals surface area contributed by atoms with E-state index in [1.54, 1.807) is 7.11 Å². The van der Waals surface area contributed by atoms with Gasteiger partial charge in [-0.15, -0.1) is 5.10 Å². The second-order valence-electron chi connectivity index (χ2n) is 5.13. The lowest BCUT2D eigenvalue weighted by Crippen LogP contribution is -2.25. The normalized spacial score (nSPS) is 24.3. The molecule has 6 heteroatoms. The van der Waals surface area contributed by atoms with Crippen LogP contribution in [-0.4, -0.2) is 40.5 Å². The first-order chi connectivity index (χ1) is 8.81. The Bertz CT molecular complexity index is 354. The molecule has 1 heterocycles. The van der Waals surface area contributed by atoms with Crippen LogP contribution in [0, 0.1) is 5.92 Å². The summed E-state index contributed by atoms with van der Waals surface area (Å²) in [4.78, 5) is 0. The summed E-state index contributed by atoms with van der Waals surface area (Å²) in [5, 5.41) is 15.4. The van der Waals surface area contributed by atoms with Crippen molar-refractivity contribution in [2.45, 2.75) is 45.2 Å². The van der Waals surface area contributed by atoms with Crippen molar-refractivity contribution in [3.8, 4) is 0 Å². The van der Waals surface area contributed by atoms with Crippen molar-refractivity contribution < 1.29 is 4.74 Å². The van der Waals surface area contributed by atoms with Crippen molar-refractivity contribution >= 4 is 0 Å². The molecule has 1 aliphatic carbocycles. The van der Waals surface area contributed by atoms with Gasteiger partial charge < -0.3 is 10.1 Å². The Labute approximate surface area is 108 Å². The molecule has 0 aromatic carbocycles. The van der Waals surface area contributed by atoms with Crippen LogP contribution in [0.1, 0.15) is 44.5 Å². The minimum atomic E-state index is 0.475. The summed E-state index contributed by atoms with van der Waals surface area (Å²) >= 11 is 0. The molecule has 0 spiro atoms. The molecule has 0 aliphatic heterocycles. The number of hydrogen-bond donors (Lipinski definition) is 1. The molecular formula is C12H23N5O. The van der Waals surface area contributed by atoms with Crippen LogP contribution in [0.2, 0.25) is 0 Å². The number of nitrogens with zero attached hydrogens (tertiary/aromatic N) is 4. The van der Waals surface area contributed by atoms with E-state index in [0.29, 0.717) is 19.2 Å². The molecule has 0 bridgehead atoms. The Morgan fingerprint density at radius 3 is 3.11 bits per heavy atom. The fourth-order valence-corrected chi connectivity index (χ4v) is 2.61. The zero-order valence-electron chi connectivity index (χ0n) is 11.3. The molecule has 18 heavy (non-hydrogen) atoms. The van der Waals surface area contributed by atoms with E-state index < -0.39 is 0 Å². The summed E-state index contributed by atoms with van der Waals surface area (Å²) in [7, 11) is 1.70. The predicted octanol–water partition coefficient (Wildman–Crippen LogP) is 1.16. The molecule has 2 rings (SSSR count). The van der Waals surface area contributed by atoms with Gasteiger partial charge in [0.15, 0.2) is 5.82 Å². The summed E-state index contributed by atoms with van der Waals surface area (Å²) in [5.74, 6) is 1.72. The van der Waals surface area contributed by atoms with E-state index in [9.17, 15) is 0 Å². The van der Waals surface area contributed by atoms with E-state index >= 15 is 0 Å². The molecule has 1 saturated carbocycles. The van der Waals surface area contributed by atoms with Crippen LogP contribution in [0.3, 0.4) is 0 Å². The summed E-state index contributed by atoms with van der Waals surface area (Å²) in [5.41, 5.74) is 0. The van der Waals surface area contributed by atoms with E-state index in [4.69, 9.17) is 4.74 Å². The van der Waals surface area contributed by atoms with Gasteiger partial charge in [0, 0.05) is 13.7 Å². The summed E-state index contributed by atoms with van der Waals surface area (Å²) < 4.78 is 7.01. The predicted molar refractivity (Wildman–Crippen MR) is 68.1 cm³/mol. The fraction of sp³-hybridized carbons (Fsp3) is 0.917. The van der Waals surface area contributed by atoms with Crippen LogP contribution in [0.5, 0.6) is 0 Å². The van der Waals surface area contributed by atoms with Gasteiger partial charge in [-0.1, -0.05) is 19.8 Å². The molecule has 6 nitrogen and oxygen atoms in total. The Balaban J connectivity index is 1.90. The minimum Gasteiger partial charge on any atom is -0.383 e. The molecule has 1 N–H and O–H groups in total. The minimum absolute atomic E-state index is 0.475. The SMILES string of the molecule is COCCNCc1nnnn1C1CCCC(C)C1. The molecule has 0 radical (unpaired) electrons. The first-order valence-corrected chi connectivity index (χ1v) is 6.77. The third-order valence-electron chi connectivity index (χ3n) is 3.58. The second kappa shape index (κ2) is 6.80. The van der Waals surface area contributed by atoms with Crippen molar-refractivity contribution in [2.75, 3.05) is 20.3 Å². The average Bonchev–Trinajstić information content (AvgIpc) is 2.83. The van der Waals surface area contributed by atoms with Crippen LogP contribution < -0.4 is 5.32 Å².